The summed E-state index contributed by atoms with van der Waals surface area (Å²) in [6.07, 6.45) is 4.66. The van der Waals surface area contributed by atoms with Crippen molar-refractivity contribution < 1.29 is 4.74 Å². The molecule has 4 heteroatoms. The van der Waals surface area contributed by atoms with Crippen LogP contribution in [0, 0.1) is 17.8 Å². The molecule has 3 unspecified atom stereocenters. The number of ether oxygens (including phenoxy) is 1. The quantitative estimate of drug-likeness (QED) is 0.766. The molecular formula is C16H25ClN2O. The average Bonchev–Trinajstić information content (AvgIpc) is 2.37. The highest BCUT2D eigenvalue weighted by atomic mass is 35.5. The van der Waals surface area contributed by atoms with Gasteiger partial charge in [0.15, 0.2) is 0 Å². The van der Waals surface area contributed by atoms with E-state index in [-0.39, 0.29) is 6.10 Å². The van der Waals surface area contributed by atoms with Gasteiger partial charge in [0.25, 0.3) is 0 Å². The predicted octanol–water partition coefficient (Wildman–Crippen LogP) is 4.53. The van der Waals surface area contributed by atoms with Gasteiger partial charge < -0.3 is 4.74 Å². The van der Waals surface area contributed by atoms with Gasteiger partial charge in [0, 0.05) is 12.5 Å². The molecule has 112 valence electrons. The second-order valence-corrected chi connectivity index (χ2v) is 6.67. The fraction of sp³-hybridized carbons (Fsp3) is 0.750. The topological polar surface area (TPSA) is 35.0 Å². The maximum Gasteiger partial charge on any atom is 0.218 e. The molecule has 1 saturated carbocycles. The molecule has 1 fully saturated rings. The zero-order valence-corrected chi connectivity index (χ0v) is 13.7. The van der Waals surface area contributed by atoms with Gasteiger partial charge in [-0.15, -0.1) is 0 Å². The molecule has 0 N–H and O–H groups in total. The van der Waals surface area contributed by atoms with Crippen molar-refractivity contribution >= 4 is 11.6 Å². The second-order valence-electron chi connectivity index (χ2n) is 6.28. The molecule has 1 aromatic heterocycles. The Morgan fingerprint density at radius 1 is 1.35 bits per heavy atom. The summed E-state index contributed by atoms with van der Waals surface area (Å²) in [4.78, 5) is 8.64. The van der Waals surface area contributed by atoms with Gasteiger partial charge in [-0.05, 0) is 30.6 Å². The van der Waals surface area contributed by atoms with Crippen molar-refractivity contribution in [2.45, 2.75) is 59.5 Å². The largest absolute Gasteiger partial charge is 0.474 e. The third kappa shape index (κ3) is 3.85. The van der Waals surface area contributed by atoms with E-state index in [1.807, 2.05) is 6.92 Å². The molecule has 1 heterocycles. The van der Waals surface area contributed by atoms with Crippen molar-refractivity contribution in [2.24, 2.45) is 17.8 Å². The van der Waals surface area contributed by atoms with E-state index in [1.54, 1.807) is 6.07 Å². The Kier molecular flexibility index (Phi) is 5.25. The van der Waals surface area contributed by atoms with E-state index >= 15 is 0 Å². The molecule has 1 aromatic rings. The van der Waals surface area contributed by atoms with Crippen LogP contribution >= 0.6 is 11.6 Å². The first-order valence-electron chi connectivity index (χ1n) is 7.69. The lowest BCUT2D eigenvalue weighted by Gasteiger charge is -2.37. The summed E-state index contributed by atoms with van der Waals surface area (Å²) in [7, 11) is 0. The molecule has 2 rings (SSSR count). The summed E-state index contributed by atoms with van der Waals surface area (Å²) in [5.74, 6) is 3.34. The average molecular weight is 297 g/mol. The number of rotatable bonds is 4. The fourth-order valence-corrected chi connectivity index (χ4v) is 3.26. The lowest BCUT2D eigenvalue weighted by atomic mass is 9.75. The summed E-state index contributed by atoms with van der Waals surface area (Å²) < 4.78 is 6.19. The van der Waals surface area contributed by atoms with Gasteiger partial charge in [0.1, 0.15) is 17.1 Å². The Bertz CT molecular complexity index is 450. The first-order chi connectivity index (χ1) is 9.49. The number of hydrogen-bond donors (Lipinski definition) is 0. The van der Waals surface area contributed by atoms with Crippen LogP contribution < -0.4 is 4.74 Å². The van der Waals surface area contributed by atoms with Gasteiger partial charge in [0.2, 0.25) is 5.88 Å². The number of halogens is 1. The van der Waals surface area contributed by atoms with Crippen LogP contribution in [-0.2, 0) is 6.42 Å². The normalized spacial score (nSPS) is 26.8. The van der Waals surface area contributed by atoms with E-state index in [0.717, 1.165) is 24.6 Å². The Labute approximate surface area is 127 Å². The Hall–Kier alpha value is -0.830. The lowest BCUT2D eigenvalue weighted by Crippen LogP contribution is -2.36. The van der Waals surface area contributed by atoms with E-state index in [0.29, 0.717) is 22.9 Å². The Balaban J connectivity index is 2.15. The van der Waals surface area contributed by atoms with Crippen LogP contribution in [0.5, 0.6) is 5.88 Å². The van der Waals surface area contributed by atoms with Gasteiger partial charge in [-0.2, -0.15) is 4.98 Å². The van der Waals surface area contributed by atoms with E-state index < -0.39 is 0 Å². The van der Waals surface area contributed by atoms with Crippen LogP contribution in [0.4, 0.5) is 0 Å². The zero-order valence-electron chi connectivity index (χ0n) is 12.9. The lowest BCUT2D eigenvalue weighted by molar-refractivity contribution is 0.0424. The fourth-order valence-electron chi connectivity index (χ4n) is 3.07. The Morgan fingerprint density at radius 2 is 2.10 bits per heavy atom. The van der Waals surface area contributed by atoms with E-state index in [2.05, 4.69) is 30.7 Å². The van der Waals surface area contributed by atoms with Gasteiger partial charge in [-0.3, -0.25) is 0 Å². The number of aromatic nitrogens is 2. The minimum absolute atomic E-state index is 0.245. The monoisotopic (exact) mass is 296 g/mol. The molecule has 0 aromatic carbocycles. The predicted molar refractivity (Wildman–Crippen MR) is 82.2 cm³/mol. The third-order valence-electron chi connectivity index (χ3n) is 4.27. The SMILES string of the molecule is CCc1nc(Cl)cc(OC2CC(C)CCC2C(C)C)n1. The maximum atomic E-state index is 6.19. The summed E-state index contributed by atoms with van der Waals surface area (Å²) in [5.41, 5.74) is 0. The van der Waals surface area contributed by atoms with E-state index in [1.165, 1.54) is 12.8 Å². The van der Waals surface area contributed by atoms with Gasteiger partial charge in [-0.25, -0.2) is 4.98 Å². The van der Waals surface area contributed by atoms with Gasteiger partial charge in [-0.1, -0.05) is 45.7 Å². The van der Waals surface area contributed by atoms with Crippen molar-refractivity contribution in [3.63, 3.8) is 0 Å². The smallest absolute Gasteiger partial charge is 0.218 e. The van der Waals surface area contributed by atoms with Gasteiger partial charge in [0.05, 0.1) is 0 Å². The minimum atomic E-state index is 0.245. The van der Waals surface area contributed by atoms with E-state index in [9.17, 15) is 0 Å². The number of hydrogen-bond acceptors (Lipinski definition) is 3. The molecule has 20 heavy (non-hydrogen) atoms. The minimum Gasteiger partial charge on any atom is -0.474 e. The molecule has 0 amide bonds. The highest BCUT2D eigenvalue weighted by molar-refractivity contribution is 6.29. The Morgan fingerprint density at radius 3 is 2.75 bits per heavy atom. The summed E-state index contributed by atoms with van der Waals surface area (Å²) in [5, 5.41) is 0.469. The molecule has 3 nitrogen and oxygen atoms in total. The van der Waals surface area contributed by atoms with Crippen LogP contribution in [0.3, 0.4) is 0 Å². The first-order valence-corrected chi connectivity index (χ1v) is 8.07. The van der Waals surface area contributed by atoms with Crippen molar-refractivity contribution in [1.82, 2.24) is 9.97 Å². The van der Waals surface area contributed by atoms with Crippen molar-refractivity contribution in [1.29, 1.82) is 0 Å². The van der Waals surface area contributed by atoms with Crippen LogP contribution in [0.15, 0.2) is 6.07 Å². The molecule has 0 radical (unpaired) electrons. The third-order valence-corrected chi connectivity index (χ3v) is 4.46. The van der Waals surface area contributed by atoms with Crippen LogP contribution in [0.1, 0.15) is 52.8 Å². The maximum absolute atomic E-state index is 6.19. The molecule has 0 aliphatic heterocycles. The molecular weight excluding hydrogens is 272 g/mol. The first kappa shape index (κ1) is 15.6. The standard InChI is InChI=1S/C16H25ClN2O/c1-5-15-18-14(17)9-16(19-15)20-13-8-11(4)6-7-12(13)10(2)3/h9-13H,5-8H2,1-4H3. The van der Waals surface area contributed by atoms with Crippen molar-refractivity contribution in [3.05, 3.63) is 17.0 Å². The highest BCUT2D eigenvalue weighted by Crippen LogP contribution is 2.35. The van der Waals surface area contributed by atoms with Crippen molar-refractivity contribution in [2.75, 3.05) is 0 Å². The summed E-state index contributed by atoms with van der Waals surface area (Å²) >= 11 is 6.04. The van der Waals surface area contributed by atoms with Crippen LogP contribution in [0.25, 0.3) is 0 Å². The molecule has 1 aliphatic rings. The molecule has 0 spiro atoms. The second kappa shape index (κ2) is 6.75. The van der Waals surface area contributed by atoms with Crippen LogP contribution in [0.2, 0.25) is 5.15 Å². The number of aryl methyl sites for hydroxylation is 1. The van der Waals surface area contributed by atoms with Crippen LogP contribution in [-0.4, -0.2) is 16.1 Å². The zero-order chi connectivity index (χ0) is 14.7. The molecule has 0 saturated heterocycles. The molecule has 3 atom stereocenters. The van der Waals surface area contributed by atoms with E-state index in [4.69, 9.17) is 16.3 Å². The molecule has 1 aliphatic carbocycles. The summed E-state index contributed by atoms with van der Waals surface area (Å²) in [6.45, 7) is 8.88. The number of nitrogens with zero attached hydrogens (tertiary/aromatic N) is 2. The summed E-state index contributed by atoms with van der Waals surface area (Å²) in [6, 6.07) is 1.73. The highest BCUT2D eigenvalue weighted by Gasteiger charge is 2.32. The van der Waals surface area contributed by atoms with Gasteiger partial charge >= 0.3 is 0 Å². The van der Waals surface area contributed by atoms with Crippen molar-refractivity contribution in [3.8, 4) is 5.88 Å². The molecule has 0 bridgehead atoms.